The van der Waals surface area contributed by atoms with Crippen molar-refractivity contribution in [2.45, 2.75) is 6.54 Å². The summed E-state index contributed by atoms with van der Waals surface area (Å²) in [5, 5.41) is 11.1. The highest BCUT2D eigenvalue weighted by Gasteiger charge is 2.16. The van der Waals surface area contributed by atoms with Crippen molar-refractivity contribution in [1.82, 2.24) is 4.57 Å². The Bertz CT molecular complexity index is 760. The number of hydrogen-bond donors (Lipinski definition) is 1. The van der Waals surface area contributed by atoms with Crippen molar-refractivity contribution in [2.75, 3.05) is 0 Å². The van der Waals surface area contributed by atoms with Crippen molar-refractivity contribution in [1.29, 1.82) is 0 Å². The minimum Gasteiger partial charge on any atom is -0.477 e. The average Bonchev–Trinajstić information content (AvgIpc) is 2.94. The maximum absolute atomic E-state index is 13.7. The summed E-state index contributed by atoms with van der Waals surface area (Å²) in [6, 6.07) is 9.89. The fourth-order valence-electron chi connectivity index (χ4n) is 2.12. The summed E-state index contributed by atoms with van der Waals surface area (Å²) in [6.07, 6.45) is 0. The topological polar surface area (TPSA) is 42.2 Å². The van der Waals surface area contributed by atoms with E-state index >= 15 is 0 Å². The van der Waals surface area contributed by atoms with Gasteiger partial charge in [0.25, 0.3) is 0 Å². The van der Waals surface area contributed by atoms with Crippen molar-refractivity contribution in [2.24, 2.45) is 0 Å². The number of carboxylic acid groups (broad SMARTS) is 1. The number of thiophene rings is 1. The van der Waals surface area contributed by atoms with Crippen molar-refractivity contribution >= 4 is 27.5 Å². The summed E-state index contributed by atoms with van der Waals surface area (Å²) in [4.78, 5) is 11.3. The molecule has 3 aromatic rings. The molecule has 2 heterocycles. The highest BCUT2D eigenvalue weighted by Crippen LogP contribution is 2.26. The second kappa shape index (κ2) is 4.51. The van der Waals surface area contributed by atoms with Gasteiger partial charge in [-0.15, -0.1) is 11.3 Å². The van der Waals surface area contributed by atoms with E-state index in [1.807, 2.05) is 11.4 Å². The van der Waals surface area contributed by atoms with Crippen LogP contribution in [0.3, 0.4) is 0 Å². The van der Waals surface area contributed by atoms with Gasteiger partial charge in [0.2, 0.25) is 0 Å². The third-order valence-electron chi connectivity index (χ3n) is 3.03. The molecule has 0 aliphatic heterocycles. The highest BCUT2D eigenvalue weighted by molar-refractivity contribution is 7.17. The predicted molar refractivity (Wildman–Crippen MR) is 72.3 cm³/mol. The van der Waals surface area contributed by atoms with E-state index < -0.39 is 5.97 Å². The first-order valence-corrected chi connectivity index (χ1v) is 6.58. The molecule has 3 nitrogen and oxygen atoms in total. The van der Waals surface area contributed by atoms with Crippen LogP contribution in [0.25, 0.3) is 10.2 Å². The van der Waals surface area contributed by atoms with Gasteiger partial charge in [-0.2, -0.15) is 0 Å². The van der Waals surface area contributed by atoms with Crippen LogP contribution in [0, 0.1) is 5.82 Å². The van der Waals surface area contributed by atoms with Crippen molar-refractivity contribution in [3.8, 4) is 0 Å². The zero-order valence-electron chi connectivity index (χ0n) is 9.84. The Morgan fingerprint density at radius 2 is 2.11 bits per heavy atom. The van der Waals surface area contributed by atoms with Gasteiger partial charge in [0.1, 0.15) is 11.5 Å². The number of hydrogen-bond acceptors (Lipinski definition) is 2. The highest BCUT2D eigenvalue weighted by atomic mass is 32.1. The van der Waals surface area contributed by atoms with E-state index in [1.165, 1.54) is 17.4 Å². The zero-order chi connectivity index (χ0) is 13.4. The van der Waals surface area contributed by atoms with Crippen LogP contribution in [0.2, 0.25) is 0 Å². The number of aromatic carboxylic acids is 1. The first-order chi connectivity index (χ1) is 9.16. The number of nitrogens with zero attached hydrogens (tertiary/aromatic N) is 1. The number of aromatic nitrogens is 1. The Morgan fingerprint density at radius 3 is 2.84 bits per heavy atom. The summed E-state index contributed by atoms with van der Waals surface area (Å²) in [7, 11) is 0. The minimum atomic E-state index is -1.00. The molecule has 2 aromatic heterocycles. The molecule has 0 aliphatic rings. The van der Waals surface area contributed by atoms with Gasteiger partial charge in [-0.1, -0.05) is 18.2 Å². The van der Waals surface area contributed by atoms with Gasteiger partial charge in [0.05, 0.1) is 16.8 Å². The van der Waals surface area contributed by atoms with Crippen LogP contribution < -0.4 is 0 Å². The van der Waals surface area contributed by atoms with Gasteiger partial charge in [-0.25, -0.2) is 9.18 Å². The number of carbonyl (C=O) groups is 1. The van der Waals surface area contributed by atoms with Crippen LogP contribution >= 0.6 is 11.3 Å². The molecule has 1 aromatic carbocycles. The van der Waals surface area contributed by atoms with Crippen molar-refractivity contribution < 1.29 is 14.3 Å². The summed E-state index contributed by atoms with van der Waals surface area (Å²) in [5.41, 5.74) is 1.49. The van der Waals surface area contributed by atoms with Crippen LogP contribution in [0.15, 0.2) is 41.8 Å². The molecule has 0 bridgehead atoms. The molecule has 0 amide bonds. The van der Waals surface area contributed by atoms with E-state index in [0.29, 0.717) is 5.56 Å². The lowest BCUT2D eigenvalue weighted by molar-refractivity contribution is 0.0686. The number of carboxylic acids is 1. The van der Waals surface area contributed by atoms with E-state index in [0.717, 1.165) is 10.2 Å². The largest absolute Gasteiger partial charge is 0.477 e. The average molecular weight is 275 g/mol. The molecule has 0 saturated carbocycles. The number of halogens is 1. The normalized spacial score (nSPS) is 11.0. The molecule has 96 valence electrons. The second-order valence-corrected chi connectivity index (χ2v) is 5.13. The standard InChI is InChI=1S/C14H10FNO2S/c15-10-4-2-1-3-9(10)8-16-11-5-6-19-13(11)7-12(16)14(17)18/h1-7H,8H2,(H,17,18). The molecule has 5 heteroatoms. The molecule has 0 saturated heterocycles. The summed E-state index contributed by atoms with van der Waals surface area (Å²) >= 11 is 1.48. The SMILES string of the molecule is O=C(O)c1cc2sccc2n1Cc1ccccc1F. The molecule has 0 unspecified atom stereocenters. The van der Waals surface area contributed by atoms with E-state index in [2.05, 4.69) is 0 Å². The van der Waals surface area contributed by atoms with E-state index in [9.17, 15) is 14.3 Å². The molecule has 1 N–H and O–H groups in total. The summed E-state index contributed by atoms with van der Waals surface area (Å²) in [6.45, 7) is 0.217. The maximum Gasteiger partial charge on any atom is 0.352 e. The molecule has 0 aliphatic carbocycles. The first kappa shape index (κ1) is 11.9. The number of benzene rings is 1. The third-order valence-corrected chi connectivity index (χ3v) is 3.88. The number of fused-ring (bicyclic) bond motifs is 1. The molecule has 0 radical (unpaired) electrons. The predicted octanol–water partition coefficient (Wildman–Crippen LogP) is 3.59. The quantitative estimate of drug-likeness (QED) is 0.793. The molecule has 19 heavy (non-hydrogen) atoms. The molecule has 3 rings (SSSR count). The molecule has 0 spiro atoms. The van der Waals surface area contributed by atoms with Gasteiger partial charge in [0.15, 0.2) is 0 Å². The lowest BCUT2D eigenvalue weighted by Gasteiger charge is -2.08. The Balaban J connectivity index is 2.13. The maximum atomic E-state index is 13.7. The van der Waals surface area contributed by atoms with Gasteiger partial charge >= 0.3 is 5.97 Å². The monoisotopic (exact) mass is 275 g/mol. The van der Waals surface area contributed by atoms with Gasteiger partial charge < -0.3 is 9.67 Å². The second-order valence-electron chi connectivity index (χ2n) is 4.18. The molecular formula is C14H10FNO2S. The first-order valence-electron chi connectivity index (χ1n) is 5.70. The van der Waals surface area contributed by atoms with Crippen LogP contribution in [0.5, 0.6) is 0 Å². The molecule has 0 atom stereocenters. The van der Waals surface area contributed by atoms with Gasteiger partial charge in [0, 0.05) is 5.56 Å². The number of rotatable bonds is 3. The van der Waals surface area contributed by atoms with Crippen molar-refractivity contribution in [3.05, 3.63) is 58.9 Å². The van der Waals surface area contributed by atoms with E-state index in [1.54, 1.807) is 28.8 Å². The van der Waals surface area contributed by atoms with Crippen LogP contribution in [-0.4, -0.2) is 15.6 Å². The zero-order valence-corrected chi connectivity index (χ0v) is 10.7. The lowest BCUT2D eigenvalue weighted by atomic mass is 10.2. The third kappa shape index (κ3) is 2.02. The van der Waals surface area contributed by atoms with Gasteiger partial charge in [-0.05, 0) is 23.6 Å². The van der Waals surface area contributed by atoms with E-state index in [-0.39, 0.29) is 18.1 Å². The van der Waals surface area contributed by atoms with Crippen molar-refractivity contribution in [3.63, 3.8) is 0 Å². The summed E-state index contributed by atoms with van der Waals surface area (Å²) in [5.74, 6) is -1.32. The Morgan fingerprint density at radius 1 is 1.32 bits per heavy atom. The van der Waals surface area contributed by atoms with Gasteiger partial charge in [-0.3, -0.25) is 0 Å². The Labute approximate surface area is 112 Å². The van der Waals surface area contributed by atoms with Crippen LogP contribution in [0.1, 0.15) is 16.1 Å². The minimum absolute atomic E-state index is 0.185. The smallest absolute Gasteiger partial charge is 0.352 e. The fraction of sp³-hybridized carbons (Fsp3) is 0.0714. The van der Waals surface area contributed by atoms with E-state index in [4.69, 9.17) is 0 Å². The Kier molecular flexibility index (Phi) is 2.83. The lowest BCUT2D eigenvalue weighted by Crippen LogP contribution is -2.10. The molecular weight excluding hydrogens is 265 g/mol. The summed E-state index contributed by atoms with van der Waals surface area (Å²) < 4.78 is 16.2. The van der Waals surface area contributed by atoms with Crippen LogP contribution in [-0.2, 0) is 6.54 Å². The van der Waals surface area contributed by atoms with Crippen LogP contribution in [0.4, 0.5) is 4.39 Å². The molecule has 0 fully saturated rings. The Hall–Kier alpha value is -2.14. The fourth-order valence-corrected chi connectivity index (χ4v) is 2.94.